The number of benzene rings is 1. The maximum absolute atomic E-state index is 9.89. The molecule has 1 aromatic rings. The quantitative estimate of drug-likeness (QED) is 0.603. The van der Waals surface area contributed by atoms with E-state index in [0.29, 0.717) is 10.6 Å². The molecule has 1 heterocycles. The van der Waals surface area contributed by atoms with E-state index in [4.69, 9.17) is 26.2 Å². The predicted octanol–water partition coefficient (Wildman–Crippen LogP) is -0.171. The van der Waals surface area contributed by atoms with Crippen molar-refractivity contribution in [3.05, 3.63) is 34.9 Å². The van der Waals surface area contributed by atoms with Gasteiger partial charge in [-0.15, -0.1) is 0 Å². The maximum Gasteiger partial charge on any atom is 0.185 e. The molecule has 5 atom stereocenters. The summed E-state index contributed by atoms with van der Waals surface area (Å²) < 4.78 is 10.9. The molecule has 1 aliphatic rings. The van der Waals surface area contributed by atoms with Crippen molar-refractivity contribution in [1.29, 1.82) is 0 Å². The second-order valence-electron chi connectivity index (χ2n) is 4.59. The van der Waals surface area contributed by atoms with Crippen LogP contribution in [0.15, 0.2) is 24.3 Å². The van der Waals surface area contributed by atoms with E-state index in [2.05, 4.69) is 0 Å². The molecule has 20 heavy (non-hydrogen) atoms. The van der Waals surface area contributed by atoms with Gasteiger partial charge in [-0.1, -0.05) is 29.8 Å². The number of rotatable bonds is 5. The van der Waals surface area contributed by atoms with Crippen LogP contribution in [0.5, 0.6) is 0 Å². The standard InChI is InChI=1S/C13H17ClO6/c14-8-4-2-1-3-7(8)13-19-6-10(20-13)12(18)11(17)9(16)5-15/h1-4,9-13,15-18H,5-6H2/t9-,10+,11+,12+,13?/m1/s1. The predicted molar refractivity (Wildman–Crippen MR) is 70.1 cm³/mol. The summed E-state index contributed by atoms with van der Waals surface area (Å²) in [6, 6.07) is 6.98. The molecular formula is C13H17ClO6. The lowest BCUT2D eigenvalue weighted by Gasteiger charge is -2.25. The van der Waals surface area contributed by atoms with Gasteiger partial charge in [0.25, 0.3) is 0 Å². The first-order valence-corrected chi connectivity index (χ1v) is 6.59. The van der Waals surface area contributed by atoms with Gasteiger partial charge in [-0.3, -0.25) is 0 Å². The molecule has 7 heteroatoms. The fraction of sp³-hybridized carbons (Fsp3) is 0.538. The van der Waals surface area contributed by atoms with Crippen molar-refractivity contribution in [2.75, 3.05) is 13.2 Å². The third-order valence-corrected chi connectivity index (χ3v) is 3.53. The molecule has 1 aromatic carbocycles. The smallest absolute Gasteiger partial charge is 0.185 e. The molecule has 0 saturated carbocycles. The average molecular weight is 305 g/mol. The first-order valence-electron chi connectivity index (χ1n) is 6.21. The second kappa shape index (κ2) is 6.82. The summed E-state index contributed by atoms with van der Waals surface area (Å²) in [4.78, 5) is 0. The van der Waals surface area contributed by atoms with Crippen molar-refractivity contribution < 1.29 is 29.9 Å². The Kier molecular flexibility index (Phi) is 5.34. The summed E-state index contributed by atoms with van der Waals surface area (Å²) in [5.74, 6) is 0. The van der Waals surface area contributed by atoms with Crippen molar-refractivity contribution in [2.45, 2.75) is 30.7 Å². The van der Waals surface area contributed by atoms with Gasteiger partial charge < -0.3 is 29.9 Å². The van der Waals surface area contributed by atoms with Crippen molar-refractivity contribution in [3.63, 3.8) is 0 Å². The van der Waals surface area contributed by atoms with E-state index in [0.717, 1.165) is 0 Å². The van der Waals surface area contributed by atoms with E-state index < -0.39 is 37.3 Å². The van der Waals surface area contributed by atoms with Gasteiger partial charge in [-0.2, -0.15) is 0 Å². The van der Waals surface area contributed by atoms with Gasteiger partial charge in [0, 0.05) is 10.6 Å². The second-order valence-corrected chi connectivity index (χ2v) is 5.00. The Hall–Kier alpha value is -0.730. The van der Waals surface area contributed by atoms with E-state index in [1.54, 1.807) is 24.3 Å². The minimum absolute atomic E-state index is 0.0479. The SMILES string of the molecule is OC[C@@H](O)[C@H](O)[C@@H](O)[C@@H]1COC(c2ccccc2Cl)O1. The van der Waals surface area contributed by atoms with Crippen molar-refractivity contribution in [2.24, 2.45) is 0 Å². The van der Waals surface area contributed by atoms with Crippen LogP contribution in [0, 0.1) is 0 Å². The van der Waals surface area contributed by atoms with Crippen LogP contribution >= 0.6 is 11.6 Å². The van der Waals surface area contributed by atoms with Crippen LogP contribution in [0.3, 0.4) is 0 Å². The van der Waals surface area contributed by atoms with Gasteiger partial charge in [-0.25, -0.2) is 0 Å². The molecule has 1 unspecified atom stereocenters. The third-order valence-electron chi connectivity index (χ3n) is 3.18. The Morgan fingerprint density at radius 3 is 2.60 bits per heavy atom. The van der Waals surface area contributed by atoms with E-state index in [1.807, 2.05) is 0 Å². The number of hydrogen-bond donors (Lipinski definition) is 4. The first kappa shape index (κ1) is 15.7. The molecule has 2 rings (SSSR count). The summed E-state index contributed by atoms with van der Waals surface area (Å²) >= 11 is 6.02. The fourth-order valence-corrected chi connectivity index (χ4v) is 2.21. The molecule has 1 saturated heterocycles. The molecule has 6 nitrogen and oxygen atoms in total. The highest BCUT2D eigenvalue weighted by Crippen LogP contribution is 2.33. The maximum atomic E-state index is 9.89. The zero-order valence-electron chi connectivity index (χ0n) is 10.6. The Balaban J connectivity index is 2.00. The Labute approximate surface area is 121 Å². The molecule has 0 radical (unpaired) electrons. The van der Waals surface area contributed by atoms with E-state index in [-0.39, 0.29) is 6.61 Å². The molecule has 4 N–H and O–H groups in total. The van der Waals surface area contributed by atoms with Gasteiger partial charge in [-0.05, 0) is 6.07 Å². The molecule has 0 aromatic heterocycles. The monoisotopic (exact) mass is 304 g/mol. The highest BCUT2D eigenvalue weighted by molar-refractivity contribution is 6.31. The topological polar surface area (TPSA) is 99.4 Å². The average Bonchev–Trinajstić information content (AvgIpc) is 2.94. The van der Waals surface area contributed by atoms with Crippen molar-refractivity contribution in [1.82, 2.24) is 0 Å². The molecule has 1 aliphatic heterocycles. The van der Waals surface area contributed by atoms with Crippen LogP contribution in [0.2, 0.25) is 5.02 Å². The lowest BCUT2D eigenvalue weighted by atomic mass is 10.0. The van der Waals surface area contributed by atoms with Crippen molar-refractivity contribution >= 4 is 11.6 Å². The van der Waals surface area contributed by atoms with Crippen molar-refractivity contribution in [3.8, 4) is 0 Å². The minimum Gasteiger partial charge on any atom is -0.394 e. The Morgan fingerprint density at radius 2 is 1.95 bits per heavy atom. The lowest BCUT2D eigenvalue weighted by molar-refractivity contribution is -0.134. The van der Waals surface area contributed by atoms with Gasteiger partial charge in [0.2, 0.25) is 0 Å². The summed E-state index contributed by atoms with van der Waals surface area (Å²) in [5, 5.41) is 38.1. The zero-order valence-corrected chi connectivity index (χ0v) is 11.3. The number of aliphatic hydroxyl groups excluding tert-OH is 4. The first-order chi connectivity index (χ1) is 9.54. The minimum atomic E-state index is -1.52. The number of halogens is 1. The van der Waals surface area contributed by atoms with Crippen LogP contribution < -0.4 is 0 Å². The van der Waals surface area contributed by atoms with E-state index >= 15 is 0 Å². The van der Waals surface area contributed by atoms with Gasteiger partial charge >= 0.3 is 0 Å². The van der Waals surface area contributed by atoms with Crippen LogP contribution in [0.25, 0.3) is 0 Å². The van der Waals surface area contributed by atoms with Gasteiger partial charge in [0.15, 0.2) is 6.29 Å². The lowest BCUT2D eigenvalue weighted by Crippen LogP contribution is -2.46. The normalized spacial score (nSPS) is 27.2. The van der Waals surface area contributed by atoms with E-state index in [9.17, 15) is 15.3 Å². The summed E-state index contributed by atoms with van der Waals surface area (Å²) in [6.07, 6.45) is -5.87. The van der Waals surface area contributed by atoms with E-state index in [1.165, 1.54) is 0 Å². The Bertz CT molecular complexity index is 443. The van der Waals surface area contributed by atoms with Gasteiger partial charge in [0.1, 0.15) is 24.4 Å². The van der Waals surface area contributed by atoms with Crippen LogP contribution in [0.4, 0.5) is 0 Å². The van der Waals surface area contributed by atoms with Crippen LogP contribution in [-0.4, -0.2) is 58.1 Å². The Morgan fingerprint density at radius 1 is 1.25 bits per heavy atom. The molecule has 0 amide bonds. The zero-order chi connectivity index (χ0) is 14.7. The third kappa shape index (κ3) is 3.29. The van der Waals surface area contributed by atoms with Gasteiger partial charge in [0.05, 0.1) is 13.2 Å². The number of ether oxygens (including phenoxy) is 2. The van der Waals surface area contributed by atoms with Crippen LogP contribution in [0.1, 0.15) is 11.9 Å². The van der Waals surface area contributed by atoms with Crippen LogP contribution in [-0.2, 0) is 9.47 Å². The molecule has 0 aliphatic carbocycles. The molecule has 0 bridgehead atoms. The molecule has 0 spiro atoms. The molecular weight excluding hydrogens is 288 g/mol. The molecule has 112 valence electrons. The highest BCUT2D eigenvalue weighted by Gasteiger charge is 2.38. The summed E-state index contributed by atoms with van der Waals surface area (Å²) in [7, 11) is 0. The highest BCUT2D eigenvalue weighted by atomic mass is 35.5. The number of aliphatic hydroxyl groups is 4. The summed E-state index contributed by atoms with van der Waals surface area (Å²) in [5.41, 5.74) is 0.626. The fourth-order valence-electron chi connectivity index (χ4n) is 1.98. The largest absolute Gasteiger partial charge is 0.394 e. The molecule has 1 fully saturated rings. The number of hydrogen-bond acceptors (Lipinski definition) is 6. The summed E-state index contributed by atoms with van der Waals surface area (Å²) in [6.45, 7) is -0.605.